The third kappa shape index (κ3) is 4.69. The lowest BCUT2D eigenvalue weighted by molar-refractivity contribution is 1.29. The zero-order valence-corrected chi connectivity index (χ0v) is 28.1. The predicted octanol–water partition coefficient (Wildman–Crippen LogP) is 14.3. The summed E-state index contributed by atoms with van der Waals surface area (Å²) in [6.45, 7) is 0. The van der Waals surface area contributed by atoms with E-state index in [1.54, 1.807) is 0 Å². The molecule has 2 heteroatoms. The number of fused-ring (bicyclic) bond motifs is 8. The van der Waals surface area contributed by atoms with Crippen molar-refractivity contribution in [1.82, 2.24) is 0 Å². The first-order valence-corrected chi connectivity index (χ1v) is 17.9. The zero-order valence-electron chi connectivity index (χ0n) is 27.3. The molecule has 1 aromatic heterocycles. The SMILES string of the molecule is c1ccc(-c2ccccc2N(c2ccc(-c3cccc4ccc5c6ccccc6sc5c34)cc2)c2ccc3c(ccc4ccccc43)c2)cc1. The maximum Gasteiger partial charge on any atom is 0.0540 e. The summed E-state index contributed by atoms with van der Waals surface area (Å²) in [5, 5.41) is 10.3. The van der Waals surface area contributed by atoms with E-state index in [-0.39, 0.29) is 0 Å². The first-order valence-electron chi connectivity index (χ1n) is 17.1. The zero-order chi connectivity index (χ0) is 33.0. The Balaban J connectivity index is 1.15. The average molecular weight is 654 g/mol. The van der Waals surface area contributed by atoms with Crippen molar-refractivity contribution >= 4 is 80.9 Å². The van der Waals surface area contributed by atoms with Gasteiger partial charge in [0.2, 0.25) is 0 Å². The first kappa shape index (κ1) is 28.8. The van der Waals surface area contributed by atoms with E-state index in [1.807, 2.05) is 11.3 Å². The minimum Gasteiger partial charge on any atom is -0.310 e. The third-order valence-corrected chi connectivity index (χ3v) is 11.2. The van der Waals surface area contributed by atoms with Gasteiger partial charge in [0.25, 0.3) is 0 Å². The van der Waals surface area contributed by atoms with Crippen molar-refractivity contribution in [3.8, 4) is 22.3 Å². The molecule has 0 saturated heterocycles. The van der Waals surface area contributed by atoms with E-state index >= 15 is 0 Å². The Morgan fingerprint density at radius 1 is 0.360 bits per heavy atom. The number of hydrogen-bond donors (Lipinski definition) is 0. The van der Waals surface area contributed by atoms with Gasteiger partial charge in [-0.3, -0.25) is 0 Å². The van der Waals surface area contributed by atoms with Gasteiger partial charge in [-0.05, 0) is 80.0 Å². The number of thiophene rings is 1. The maximum atomic E-state index is 2.41. The molecule has 0 atom stereocenters. The third-order valence-electron chi connectivity index (χ3n) is 10.0. The lowest BCUT2D eigenvalue weighted by Gasteiger charge is -2.28. The van der Waals surface area contributed by atoms with Gasteiger partial charge in [-0.2, -0.15) is 0 Å². The average Bonchev–Trinajstić information content (AvgIpc) is 3.58. The molecule has 0 radical (unpaired) electrons. The van der Waals surface area contributed by atoms with Crippen LogP contribution in [-0.2, 0) is 0 Å². The summed E-state index contributed by atoms with van der Waals surface area (Å²) in [6.07, 6.45) is 0. The number of para-hydroxylation sites is 1. The molecule has 0 unspecified atom stereocenters. The van der Waals surface area contributed by atoms with E-state index in [0.29, 0.717) is 0 Å². The van der Waals surface area contributed by atoms with Crippen LogP contribution in [0.5, 0.6) is 0 Å². The molecule has 0 fully saturated rings. The van der Waals surface area contributed by atoms with Crippen LogP contribution in [0.25, 0.3) is 74.7 Å². The van der Waals surface area contributed by atoms with Crippen molar-refractivity contribution in [2.45, 2.75) is 0 Å². The van der Waals surface area contributed by atoms with Crippen LogP contribution >= 0.6 is 11.3 Å². The molecule has 0 spiro atoms. The van der Waals surface area contributed by atoms with Gasteiger partial charge in [0, 0.05) is 42.5 Å². The summed E-state index contributed by atoms with van der Waals surface area (Å²) in [7, 11) is 0. The summed E-state index contributed by atoms with van der Waals surface area (Å²) in [4.78, 5) is 2.41. The smallest absolute Gasteiger partial charge is 0.0540 e. The minimum absolute atomic E-state index is 1.12. The molecule has 10 aromatic rings. The monoisotopic (exact) mass is 653 g/mol. The van der Waals surface area contributed by atoms with Crippen molar-refractivity contribution in [3.05, 3.63) is 188 Å². The number of hydrogen-bond acceptors (Lipinski definition) is 2. The molecule has 1 heterocycles. The summed E-state index contributed by atoms with van der Waals surface area (Å²) in [6, 6.07) is 68.6. The van der Waals surface area contributed by atoms with Crippen LogP contribution < -0.4 is 4.90 Å². The molecule has 0 aliphatic heterocycles. The van der Waals surface area contributed by atoms with E-state index in [1.165, 1.54) is 74.7 Å². The van der Waals surface area contributed by atoms with Crippen LogP contribution in [0, 0.1) is 0 Å². The Morgan fingerprint density at radius 2 is 0.980 bits per heavy atom. The van der Waals surface area contributed by atoms with Crippen molar-refractivity contribution in [3.63, 3.8) is 0 Å². The molecular formula is C48H31NS. The normalized spacial score (nSPS) is 11.6. The summed E-state index contributed by atoms with van der Waals surface area (Å²) >= 11 is 1.90. The quantitative estimate of drug-likeness (QED) is 0.167. The van der Waals surface area contributed by atoms with Gasteiger partial charge in [0.15, 0.2) is 0 Å². The molecular weight excluding hydrogens is 623 g/mol. The standard InChI is InChI=1S/C48H31NS/c1-2-11-32(12-3-1)41-16-6-8-19-45(41)49(38-28-30-40-36(31-38)22-21-33-13-4-5-15-39(33)40)37-26-23-34(24-27-37)42-18-10-14-35-25-29-44-43-17-7-9-20-46(43)50-48(44)47(35)42/h1-31H. The van der Waals surface area contributed by atoms with Crippen LogP contribution in [-0.4, -0.2) is 0 Å². The summed E-state index contributed by atoms with van der Waals surface area (Å²) in [5.74, 6) is 0. The van der Waals surface area contributed by atoms with Crippen LogP contribution in [0.2, 0.25) is 0 Å². The number of benzene rings is 9. The minimum atomic E-state index is 1.12. The maximum absolute atomic E-state index is 2.41. The predicted molar refractivity (Wildman–Crippen MR) is 217 cm³/mol. The highest BCUT2D eigenvalue weighted by molar-refractivity contribution is 7.26. The fourth-order valence-corrected chi connectivity index (χ4v) is 8.95. The second-order valence-electron chi connectivity index (χ2n) is 12.9. The highest BCUT2D eigenvalue weighted by Crippen LogP contribution is 2.45. The van der Waals surface area contributed by atoms with Crippen molar-refractivity contribution in [2.24, 2.45) is 0 Å². The topological polar surface area (TPSA) is 3.24 Å². The largest absolute Gasteiger partial charge is 0.310 e. The van der Waals surface area contributed by atoms with Crippen molar-refractivity contribution in [1.29, 1.82) is 0 Å². The van der Waals surface area contributed by atoms with E-state index in [9.17, 15) is 0 Å². The van der Waals surface area contributed by atoms with E-state index < -0.39 is 0 Å². The number of nitrogens with zero attached hydrogens (tertiary/aromatic N) is 1. The van der Waals surface area contributed by atoms with Gasteiger partial charge in [-0.25, -0.2) is 0 Å². The molecule has 234 valence electrons. The summed E-state index contributed by atoms with van der Waals surface area (Å²) < 4.78 is 2.68. The molecule has 1 nitrogen and oxygen atoms in total. The Morgan fingerprint density at radius 3 is 1.88 bits per heavy atom. The number of rotatable bonds is 5. The van der Waals surface area contributed by atoms with E-state index in [4.69, 9.17) is 0 Å². The fraction of sp³-hybridized carbons (Fsp3) is 0. The molecule has 0 amide bonds. The molecule has 50 heavy (non-hydrogen) atoms. The molecule has 0 aliphatic rings. The molecule has 0 N–H and O–H groups in total. The Bertz CT molecular complexity index is 2870. The first-order chi connectivity index (χ1) is 24.8. The number of anilines is 3. The molecule has 0 saturated carbocycles. The van der Waals surface area contributed by atoms with Gasteiger partial charge in [-0.1, -0.05) is 152 Å². The van der Waals surface area contributed by atoms with E-state index in [2.05, 4.69) is 193 Å². The second kappa shape index (κ2) is 11.7. The summed E-state index contributed by atoms with van der Waals surface area (Å²) in [5.41, 5.74) is 8.25. The van der Waals surface area contributed by atoms with Gasteiger partial charge < -0.3 is 4.90 Å². The highest BCUT2D eigenvalue weighted by atomic mass is 32.1. The van der Waals surface area contributed by atoms with Gasteiger partial charge in [-0.15, -0.1) is 11.3 Å². The lowest BCUT2D eigenvalue weighted by Crippen LogP contribution is -2.11. The molecule has 0 aliphatic carbocycles. The molecule has 9 aromatic carbocycles. The van der Waals surface area contributed by atoms with Gasteiger partial charge in [0.1, 0.15) is 0 Å². The lowest BCUT2D eigenvalue weighted by atomic mass is 9.96. The van der Waals surface area contributed by atoms with Crippen LogP contribution in [0.3, 0.4) is 0 Å². The van der Waals surface area contributed by atoms with Crippen molar-refractivity contribution < 1.29 is 0 Å². The van der Waals surface area contributed by atoms with E-state index in [0.717, 1.165) is 17.1 Å². The van der Waals surface area contributed by atoms with Crippen LogP contribution in [0.1, 0.15) is 0 Å². The van der Waals surface area contributed by atoms with Crippen molar-refractivity contribution in [2.75, 3.05) is 4.90 Å². The Hall–Kier alpha value is -6.22. The fourth-order valence-electron chi connectivity index (χ4n) is 7.68. The Labute approximate surface area is 294 Å². The van der Waals surface area contributed by atoms with Gasteiger partial charge >= 0.3 is 0 Å². The van der Waals surface area contributed by atoms with Gasteiger partial charge in [0.05, 0.1) is 5.69 Å². The van der Waals surface area contributed by atoms with Crippen LogP contribution in [0.4, 0.5) is 17.1 Å². The highest BCUT2D eigenvalue weighted by Gasteiger charge is 2.19. The Kier molecular flexibility index (Phi) is 6.75. The van der Waals surface area contributed by atoms with Crippen LogP contribution in [0.15, 0.2) is 188 Å². The second-order valence-corrected chi connectivity index (χ2v) is 14.0. The molecule has 0 bridgehead atoms. The molecule has 10 rings (SSSR count).